The Morgan fingerprint density at radius 2 is 2.10 bits per heavy atom. The highest BCUT2D eigenvalue weighted by Gasteiger charge is 2.17. The van der Waals surface area contributed by atoms with Gasteiger partial charge in [0.25, 0.3) is 5.91 Å². The Morgan fingerprint density at radius 1 is 1.38 bits per heavy atom. The fourth-order valence-corrected chi connectivity index (χ4v) is 2.00. The smallest absolute Gasteiger partial charge is 0.251 e. The van der Waals surface area contributed by atoms with Crippen LogP contribution in [-0.2, 0) is 0 Å². The Kier molecular flexibility index (Phi) is 4.65. The van der Waals surface area contributed by atoms with E-state index in [1.807, 2.05) is 6.92 Å². The molecule has 1 aromatic heterocycles. The molecule has 0 saturated heterocycles. The summed E-state index contributed by atoms with van der Waals surface area (Å²) >= 11 is 0. The van der Waals surface area contributed by atoms with E-state index in [2.05, 4.69) is 20.4 Å². The van der Waals surface area contributed by atoms with Gasteiger partial charge < -0.3 is 16.3 Å². The van der Waals surface area contributed by atoms with E-state index in [1.54, 1.807) is 30.6 Å². The number of nitrogens with two attached hydrogens (primary N) is 1. The van der Waals surface area contributed by atoms with Crippen LogP contribution in [0, 0.1) is 0 Å². The summed E-state index contributed by atoms with van der Waals surface area (Å²) in [5.74, 6) is -0.307. The van der Waals surface area contributed by atoms with E-state index in [1.165, 1.54) is 0 Å². The van der Waals surface area contributed by atoms with Gasteiger partial charge in [0, 0.05) is 18.0 Å². The molecule has 0 bridgehead atoms. The van der Waals surface area contributed by atoms with Crippen molar-refractivity contribution in [3.63, 3.8) is 0 Å². The van der Waals surface area contributed by atoms with Crippen molar-refractivity contribution < 1.29 is 10.0 Å². The number of amides is 1. The van der Waals surface area contributed by atoms with Gasteiger partial charge in [-0.2, -0.15) is 0 Å². The fourth-order valence-electron chi connectivity index (χ4n) is 2.00. The van der Waals surface area contributed by atoms with Crippen LogP contribution >= 0.6 is 0 Å². The molecule has 2 aromatic rings. The number of carbonyl (C=O) groups is 1. The molecule has 1 atom stereocenters. The van der Waals surface area contributed by atoms with Crippen molar-refractivity contribution in [3.05, 3.63) is 36.2 Å². The number of nitrogens with one attached hydrogen (secondary N) is 1. The van der Waals surface area contributed by atoms with Crippen molar-refractivity contribution in [2.75, 3.05) is 0 Å². The van der Waals surface area contributed by atoms with E-state index < -0.39 is 6.04 Å². The van der Waals surface area contributed by atoms with Crippen LogP contribution in [0.4, 0.5) is 0 Å². The van der Waals surface area contributed by atoms with Crippen LogP contribution in [0.25, 0.3) is 11.0 Å². The van der Waals surface area contributed by atoms with Crippen molar-refractivity contribution >= 4 is 22.8 Å². The first kappa shape index (κ1) is 14.7. The van der Waals surface area contributed by atoms with Crippen molar-refractivity contribution in [2.24, 2.45) is 10.9 Å². The summed E-state index contributed by atoms with van der Waals surface area (Å²) in [6.07, 6.45) is 4.55. The maximum Gasteiger partial charge on any atom is 0.251 e. The number of amidine groups is 1. The SMILES string of the molecule is CCCC(NC(=O)c1ccc2nccnc2c1)C(N)=NO. The number of hydrogen-bond donors (Lipinski definition) is 3. The first-order valence-corrected chi connectivity index (χ1v) is 6.64. The first-order chi connectivity index (χ1) is 10.2. The molecular weight excluding hydrogens is 270 g/mol. The first-order valence-electron chi connectivity index (χ1n) is 6.64. The molecule has 4 N–H and O–H groups in total. The van der Waals surface area contributed by atoms with E-state index in [0.717, 1.165) is 11.9 Å². The maximum absolute atomic E-state index is 12.2. The molecule has 7 heteroatoms. The molecule has 1 heterocycles. The highest BCUT2D eigenvalue weighted by atomic mass is 16.4. The van der Waals surface area contributed by atoms with Crippen molar-refractivity contribution in [3.8, 4) is 0 Å². The highest BCUT2D eigenvalue weighted by molar-refractivity contribution is 6.00. The summed E-state index contributed by atoms with van der Waals surface area (Å²) in [5, 5.41) is 14.5. The van der Waals surface area contributed by atoms with Gasteiger partial charge >= 0.3 is 0 Å². The summed E-state index contributed by atoms with van der Waals surface area (Å²) in [5.41, 5.74) is 7.39. The normalized spacial score (nSPS) is 13.1. The summed E-state index contributed by atoms with van der Waals surface area (Å²) in [4.78, 5) is 20.5. The minimum absolute atomic E-state index is 0.00854. The molecule has 0 spiro atoms. The van der Waals surface area contributed by atoms with Gasteiger partial charge in [0.05, 0.1) is 17.1 Å². The van der Waals surface area contributed by atoms with Gasteiger partial charge in [-0.15, -0.1) is 0 Å². The number of carbonyl (C=O) groups excluding carboxylic acids is 1. The number of rotatable bonds is 5. The predicted octanol–water partition coefficient (Wildman–Crippen LogP) is 1.27. The third kappa shape index (κ3) is 3.44. The van der Waals surface area contributed by atoms with Crippen molar-refractivity contribution in [2.45, 2.75) is 25.8 Å². The molecule has 1 aromatic carbocycles. The van der Waals surface area contributed by atoms with Gasteiger partial charge in [-0.3, -0.25) is 14.8 Å². The van der Waals surface area contributed by atoms with Crippen molar-refractivity contribution in [1.82, 2.24) is 15.3 Å². The molecule has 7 nitrogen and oxygen atoms in total. The van der Waals surface area contributed by atoms with Crippen molar-refractivity contribution in [1.29, 1.82) is 0 Å². The quantitative estimate of drug-likeness (QED) is 0.332. The van der Waals surface area contributed by atoms with Crippen LogP contribution in [0.2, 0.25) is 0 Å². The van der Waals surface area contributed by atoms with Gasteiger partial charge in [-0.1, -0.05) is 18.5 Å². The second-order valence-corrected chi connectivity index (χ2v) is 4.60. The van der Waals surface area contributed by atoms with Gasteiger partial charge in [0.2, 0.25) is 0 Å². The summed E-state index contributed by atoms with van der Waals surface area (Å²) in [6, 6.07) is 4.56. The van der Waals surface area contributed by atoms with Gasteiger partial charge in [0.15, 0.2) is 5.84 Å². The van der Waals surface area contributed by atoms with E-state index >= 15 is 0 Å². The Balaban J connectivity index is 2.20. The average Bonchev–Trinajstić information content (AvgIpc) is 2.53. The fraction of sp³-hybridized carbons (Fsp3) is 0.286. The number of benzene rings is 1. The Bertz CT molecular complexity index is 671. The Labute approximate surface area is 121 Å². The third-order valence-corrected chi connectivity index (χ3v) is 3.09. The molecule has 1 amide bonds. The lowest BCUT2D eigenvalue weighted by molar-refractivity contribution is 0.0945. The molecule has 0 aliphatic carbocycles. The molecule has 1 unspecified atom stereocenters. The second-order valence-electron chi connectivity index (χ2n) is 4.60. The maximum atomic E-state index is 12.2. The van der Waals surface area contributed by atoms with Crippen LogP contribution in [0.1, 0.15) is 30.1 Å². The minimum atomic E-state index is -0.495. The zero-order chi connectivity index (χ0) is 15.2. The number of aromatic nitrogens is 2. The van der Waals surface area contributed by atoms with E-state index in [9.17, 15) is 4.79 Å². The number of nitrogens with zero attached hydrogens (tertiary/aromatic N) is 3. The van der Waals surface area contributed by atoms with Crippen LogP contribution < -0.4 is 11.1 Å². The van der Waals surface area contributed by atoms with E-state index in [0.29, 0.717) is 17.5 Å². The molecule has 2 rings (SSSR count). The number of oxime groups is 1. The third-order valence-electron chi connectivity index (χ3n) is 3.09. The lowest BCUT2D eigenvalue weighted by atomic mass is 10.1. The molecule has 110 valence electrons. The second kappa shape index (κ2) is 6.65. The van der Waals surface area contributed by atoms with Gasteiger partial charge in [0.1, 0.15) is 0 Å². The molecule has 21 heavy (non-hydrogen) atoms. The topological polar surface area (TPSA) is 113 Å². The van der Waals surface area contributed by atoms with Gasteiger partial charge in [-0.05, 0) is 24.6 Å². The summed E-state index contributed by atoms with van der Waals surface area (Å²) < 4.78 is 0. The number of hydrogen-bond acceptors (Lipinski definition) is 5. The summed E-state index contributed by atoms with van der Waals surface area (Å²) in [7, 11) is 0. The Morgan fingerprint density at radius 3 is 2.76 bits per heavy atom. The predicted molar refractivity (Wildman–Crippen MR) is 79.1 cm³/mol. The van der Waals surface area contributed by atoms with E-state index in [4.69, 9.17) is 10.9 Å². The molecule has 0 saturated carbocycles. The average molecular weight is 287 g/mol. The zero-order valence-electron chi connectivity index (χ0n) is 11.7. The molecule has 0 fully saturated rings. The van der Waals surface area contributed by atoms with E-state index in [-0.39, 0.29) is 11.7 Å². The van der Waals surface area contributed by atoms with Crippen LogP contribution in [0.3, 0.4) is 0 Å². The Hall–Kier alpha value is -2.70. The van der Waals surface area contributed by atoms with Crippen LogP contribution in [0.15, 0.2) is 35.7 Å². The lowest BCUT2D eigenvalue weighted by Gasteiger charge is -2.16. The summed E-state index contributed by atoms with van der Waals surface area (Å²) in [6.45, 7) is 1.95. The van der Waals surface area contributed by atoms with Gasteiger partial charge in [-0.25, -0.2) is 0 Å². The molecule has 0 aliphatic heterocycles. The van der Waals surface area contributed by atoms with Crippen LogP contribution in [0.5, 0.6) is 0 Å². The zero-order valence-corrected chi connectivity index (χ0v) is 11.7. The molecular formula is C14H17N5O2. The molecule has 0 radical (unpaired) electrons. The largest absolute Gasteiger partial charge is 0.409 e. The monoisotopic (exact) mass is 287 g/mol. The molecule has 0 aliphatic rings. The lowest BCUT2D eigenvalue weighted by Crippen LogP contribution is -2.44. The van der Waals surface area contributed by atoms with Crippen LogP contribution in [-0.4, -0.2) is 33.0 Å². The number of fused-ring (bicyclic) bond motifs is 1. The highest BCUT2D eigenvalue weighted by Crippen LogP contribution is 2.11. The standard InChI is InChI=1S/C14H17N5O2/c1-2-3-11(13(15)19-21)18-14(20)9-4-5-10-12(8-9)17-7-6-16-10/h4-8,11,21H,2-3H2,1H3,(H2,15,19)(H,18,20). The minimum Gasteiger partial charge on any atom is -0.409 e.